The van der Waals surface area contributed by atoms with Crippen molar-refractivity contribution in [3.8, 4) is 0 Å². The van der Waals surface area contributed by atoms with Gasteiger partial charge in [0, 0.05) is 25.6 Å². The quantitative estimate of drug-likeness (QED) is 0.717. The van der Waals surface area contributed by atoms with Gasteiger partial charge in [-0.15, -0.1) is 0 Å². The Morgan fingerprint density at radius 1 is 1.39 bits per heavy atom. The summed E-state index contributed by atoms with van der Waals surface area (Å²) < 4.78 is 0. The van der Waals surface area contributed by atoms with Crippen molar-refractivity contribution in [1.29, 1.82) is 0 Å². The van der Waals surface area contributed by atoms with Crippen LogP contribution < -0.4 is 5.73 Å². The Bertz CT molecular complexity index is 253. The fourth-order valence-corrected chi connectivity index (χ4v) is 3.20. The highest BCUT2D eigenvalue weighted by Crippen LogP contribution is 2.30. The lowest BCUT2D eigenvalue weighted by atomic mass is 9.83. The van der Waals surface area contributed by atoms with Crippen molar-refractivity contribution < 1.29 is 0 Å². The van der Waals surface area contributed by atoms with Crippen molar-refractivity contribution in [3.63, 3.8) is 0 Å². The first kappa shape index (κ1) is 15.9. The van der Waals surface area contributed by atoms with Gasteiger partial charge in [-0.3, -0.25) is 4.90 Å². The van der Waals surface area contributed by atoms with Crippen LogP contribution in [0.3, 0.4) is 0 Å². The second-order valence-corrected chi connectivity index (χ2v) is 6.72. The average molecular weight is 270 g/mol. The van der Waals surface area contributed by atoms with Crippen LogP contribution in [-0.4, -0.2) is 29.0 Å². The van der Waals surface area contributed by atoms with E-state index in [4.69, 9.17) is 18.0 Å². The smallest absolute Gasteiger partial charge is 0.0740 e. The maximum atomic E-state index is 5.66. The molecule has 2 atom stereocenters. The first-order chi connectivity index (χ1) is 8.52. The van der Waals surface area contributed by atoms with Crippen LogP contribution in [0.5, 0.6) is 0 Å². The van der Waals surface area contributed by atoms with Crippen LogP contribution in [0, 0.1) is 11.8 Å². The molecular weight excluding hydrogens is 240 g/mol. The molecule has 0 aromatic rings. The van der Waals surface area contributed by atoms with E-state index in [0.717, 1.165) is 30.8 Å². The Hall–Kier alpha value is -0.150. The van der Waals surface area contributed by atoms with E-state index in [-0.39, 0.29) is 0 Å². The summed E-state index contributed by atoms with van der Waals surface area (Å²) in [4.78, 5) is 3.30. The minimum absolute atomic E-state index is 0.659. The zero-order chi connectivity index (χ0) is 13.5. The van der Waals surface area contributed by atoms with E-state index in [0.29, 0.717) is 4.99 Å². The molecule has 0 spiro atoms. The van der Waals surface area contributed by atoms with E-state index in [2.05, 4.69) is 25.7 Å². The van der Waals surface area contributed by atoms with Gasteiger partial charge in [0.15, 0.2) is 0 Å². The number of rotatable bonds is 7. The zero-order valence-electron chi connectivity index (χ0n) is 12.3. The summed E-state index contributed by atoms with van der Waals surface area (Å²) in [5.41, 5.74) is 5.66. The Labute approximate surface area is 118 Å². The van der Waals surface area contributed by atoms with E-state index in [1.54, 1.807) is 0 Å². The molecule has 1 aliphatic carbocycles. The molecule has 106 valence electrons. The summed E-state index contributed by atoms with van der Waals surface area (Å²) in [6.07, 6.45) is 7.76. The van der Waals surface area contributed by atoms with Crippen molar-refractivity contribution in [2.75, 3.05) is 13.1 Å². The standard InChI is InChI=1S/C15H30N2S/c1-4-13-6-5-7-14(10-13)17(11-12(2)3)9-8-15(16)18/h12-14H,4-11H2,1-3H3,(H2,16,18). The largest absolute Gasteiger partial charge is 0.393 e. The van der Waals surface area contributed by atoms with Crippen molar-refractivity contribution in [1.82, 2.24) is 4.90 Å². The molecule has 0 saturated heterocycles. The number of thiocarbonyl (C=S) groups is 1. The van der Waals surface area contributed by atoms with Gasteiger partial charge in [-0.1, -0.05) is 52.3 Å². The molecule has 1 fully saturated rings. The maximum Gasteiger partial charge on any atom is 0.0740 e. The normalized spacial score (nSPS) is 24.7. The number of hydrogen-bond donors (Lipinski definition) is 1. The van der Waals surface area contributed by atoms with Crippen LogP contribution in [0.1, 0.15) is 59.3 Å². The van der Waals surface area contributed by atoms with Crippen LogP contribution in [0.2, 0.25) is 0 Å². The van der Waals surface area contributed by atoms with E-state index in [1.165, 1.54) is 38.6 Å². The third kappa shape index (κ3) is 5.66. The third-order valence-electron chi connectivity index (χ3n) is 4.09. The van der Waals surface area contributed by atoms with E-state index in [9.17, 15) is 0 Å². The van der Waals surface area contributed by atoms with E-state index >= 15 is 0 Å². The first-order valence-electron chi connectivity index (χ1n) is 7.55. The first-order valence-corrected chi connectivity index (χ1v) is 7.96. The third-order valence-corrected chi connectivity index (χ3v) is 4.30. The van der Waals surface area contributed by atoms with Gasteiger partial charge in [0.1, 0.15) is 0 Å². The fraction of sp³-hybridized carbons (Fsp3) is 0.933. The highest BCUT2D eigenvalue weighted by Gasteiger charge is 2.26. The summed E-state index contributed by atoms with van der Waals surface area (Å²) in [6.45, 7) is 9.16. The molecule has 0 aromatic carbocycles. The summed E-state index contributed by atoms with van der Waals surface area (Å²) >= 11 is 5.03. The molecule has 1 saturated carbocycles. The van der Waals surface area contributed by atoms with Crippen LogP contribution in [0.15, 0.2) is 0 Å². The second-order valence-electron chi connectivity index (χ2n) is 6.20. The van der Waals surface area contributed by atoms with Crippen LogP contribution in [0.4, 0.5) is 0 Å². The van der Waals surface area contributed by atoms with E-state index in [1.807, 2.05) is 0 Å². The Morgan fingerprint density at radius 3 is 2.67 bits per heavy atom. The van der Waals surface area contributed by atoms with Gasteiger partial charge in [-0.25, -0.2) is 0 Å². The van der Waals surface area contributed by atoms with Crippen LogP contribution in [0.25, 0.3) is 0 Å². The van der Waals surface area contributed by atoms with Gasteiger partial charge in [-0.05, 0) is 24.7 Å². The molecule has 18 heavy (non-hydrogen) atoms. The highest BCUT2D eigenvalue weighted by molar-refractivity contribution is 7.80. The zero-order valence-corrected chi connectivity index (χ0v) is 13.1. The Morgan fingerprint density at radius 2 is 2.11 bits per heavy atom. The van der Waals surface area contributed by atoms with Gasteiger partial charge in [0.05, 0.1) is 4.99 Å². The molecule has 2 nitrogen and oxygen atoms in total. The highest BCUT2D eigenvalue weighted by atomic mass is 32.1. The molecule has 3 heteroatoms. The number of hydrogen-bond acceptors (Lipinski definition) is 2. The molecule has 0 aliphatic heterocycles. The van der Waals surface area contributed by atoms with Gasteiger partial charge >= 0.3 is 0 Å². The lowest BCUT2D eigenvalue weighted by molar-refractivity contribution is 0.118. The topological polar surface area (TPSA) is 29.3 Å². The molecule has 0 aromatic heterocycles. The Kier molecular flexibility index (Phi) is 7.16. The van der Waals surface area contributed by atoms with Gasteiger partial charge in [0.2, 0.25) is 0 Å². The van der Waals surface area contributed by atoms with Gasteiger partial charge < -0.3 is 5.73 Å². The maximum absolute atomic E-state index is 5.66. The van der Waals surface area contributed by atoms with Crippen molar-refractivity contribution in [3.05, 3.63) is 0 Å². The summed E-state index contributed by atoms with van der Waals surface area (Å²) in [7, 11) is 0. The molecular formula is C15H30N2S. The molecule has 0 amide bonds. The molecule has 1 aliphatic rings. The summed E-state index contributed by atoms with van der Waals surface area (Å²) in [6, 6.07) is 0.764. The van der Waals surface area contributed by atoms with Crippen LogP contribution in [-0.2, 0) is 0 Å². The molecule has 0 heterocycles. The lowest BCUT2D eigenvalue weighted by Crippen LogP contribution is -2.42. The predicted octanol–water partition coefficient (Wildman–Crippen LogP) is 3.59. The molecule has 1 rings (SSSR count). The number of nitrogens with two attached hydrogens (primary N) is 1. The van der Waals surface area contributed by atoms with Gasteiger partial charge in [0.25, 0.3) is 0 Å². The minimum Gasteiger partial charge on any atom is -0.393 e. The molecule has 2 N–H and O–H groups in total. The minimum atomic E-state index is 0.659. The van der Waals surface area contributed by atoms with Gasteiger partial charge in [-0.2, -0.15) is 0 Å². The predicted molar refractivity (Wildman–Crippen MR) is 83.9 cm³/mol. The monoisotopic (exact) mass is 270 g/mol. The molecule has 0 radical (unpaired) electrons. The fourth-order valence-electron chi connectivity index (χ4n) is 3.11. The van der Waals surface area contributed by atoms with Crippen molar-refractivity contribution in [2.45, 2.75) is 65.3 Å². The number of nitrogens with zero attached hydrogens (tertiary/aromatic N) is 1. The lowest BCUT2D eigenvalue weighted by Gasteiger charge is -2.38. The van der Waals surface area contributed by atoms with Crippen molar-refractivity contribution in [2.24, 2.45) is 17.6 Å². The Balaban J connectivity index is 2.53. The summed E-state index contributed by atoms with van der Waals surface area (Å²) in [5.74, 6) is 1.65. The van der Waals surface area contributed by atoms with Crippen LogP contribution >= 0.6 is 12.2 Å². The molecule has 2 unspecified atom stereocenters. The van der Waals surface area contributed by atoms with Crippen molar-refractivity contribution >= 4 is 17.2 Å². The average Bonchev–Trinajstić information content (AvgIpc) is 2.34. The molecule has 0 bridgehead atoms. The van der Waals surface area contributed by atoms with E-state index < -0.39 is 0 Å². The summed E-state index contributed by atoms with van der Waals surface area (Å²) in [5, 5.41) is 0. The second kappa shape index (κ2) is 8.11. The SMILES string of the molecule is CCC1CCCC(N(CCC(N)=S)CC(C)C)C1.